The van der Waals surface area contributed by atoms with Crippen LogP contribution in [0.3, 0.4) is 0 Å². The molecule has 1 aliphatic rings. The van der Waals surface area contributed by atoms with E-state index in [1.54, 1.807) is 6.92 Å². The predicted molar refractivity (Wildman–Crippen MR) is 66.5 cm³/mol. The van der Waals surface area contributed by atoms with Gasteiger partial charge in [-0.05, 0) is 25.7 Å². The third-order valence-electron chi connectivity index (χ3n) is 3.78. The van der Waals surface area contributed by atoms with E-state index in [-0.39, 0.29) is 17.7 Å². The Morgan fingerprint density at radius 2 is 1.94 bits per heavy atom. The summed E-state index contributed by atoms with van der Waals surface area (Å²) in [5, 5.41) is 0. The van der Waals surface area contributed by atoms with Gasteiger partial charge in [-0.1, -0.05) is 34.1 Å². The van der Waals surface area contributed by atoms with Crippen LogP contribution < -0.4 is 0 Å². The highest BCUT2D eigenvalue weighted by atomic mass is 16.5. The van der Waals surface area contributed by atoms with Gasteiger partial charge in [0.1, 0.15) is 5.41 Å². The van der Waals surface area contributed by atoms with Gasteiger partial charge < -0.3 is 4.74 Å². The number of ether oxygens (including phenoxy) is 1. The Labute approximate surface area is 104 Å². The van der Waals surface area contributed by atoms with Gasteiger partial charge >= 0.3 is 5.97 Å². The van der Waals surface area contributed by atoms with Crippen LogP contribution in [0.15, 0.2) is 0 Å². The second-order valence-electron chi connectivity index (χ2n) is 6.06. The van der Waals surface area contributed by atoms with E-state index in [0.717, 1.165) is 12.8 Å². The first-order chi connectivity index (χ1) is 7.76. The van der Waals surface area contributed by atoms with Crippen LogP contribution in [0.25, 0.3) is 0 Å². The molecule has 0 aliphatic heterocycles. The average Bonchev–Trinajstić information content (AvgIpc) is 2.59. The van der Waals surface area contributed by atoms with Crippen LogP contribution in [0.5, 0.6) is 0 Å². The second kappa shape index (κ2) is 4.79. The quantitative estimate of drug-likeness (QED) is 0.562. The summed E-state index contributed by atoms with van der Waals surface area (Å²) in [4.78, 5) is 24.8. The topological polar surface area (TPSA) is 43.4 Å². The molecule has 0 bridgehead atoms. The monoisotopic (exact) mass is 240 g/mol. The summed E-state index contributed by atoms with van der Waals surface area (Å²) in [6.07, 6.45) is 2.51. The van der Waals surface area contributed by atoms with Crippen molar-refractivity contribution >= 4 is 11.8 Å². The maximum absolute atomic E-state index is 12.6. The van der Waals surface area contributed by atoms with Crippen molar-refractivity contribution in [3.63, 3.8) is 0 Å². The van der Waals surface area contributed by atoms with Crippen molar-refractivity contribution in [2.75, 3.05) is 6.61 Å². The van der Waals surface area contributed by atoms with E-state index in [0.29, 0.717) is 13.0 Å². The fourth-order valence-electron chi connectivity index (χ4n) is 2.84. The van der Waals surface area contributed by atoms with E-state index in [1.165, 1.54) is 0 Å². The Kier molecular flexibility index (Phi) is 4.00. The first-order valence-electron chi connectivity index (χ1n) is 6.49. The van der Waals surface area contributed by atoms with E-state index in [2.05, 4.69) is 0 Å². The number of hydrogen-bond donors (Lipinski definition) is 0. The molecular formula is C14H24O3. The summed E-state index contributed by atoms with van der Waals surface area (Å²) in [5.74, 6) is -0.188. The molecule has 0 aromatic carbocycles. The minimum atomic E-state index is -0.895. The predicted octanol–water partition coefficient (Wildman–Crippen LogP) is 2.97. The molecule has 98 valence electrons. The summed E-state index contributed by atoms with van der Waals surface area (Å²) in [7, 11) is 0. The van der Waals surface area contributed by atoms with Crippen LogP contribution in [0, 0.1) is 16.7 Å². The number of Topliss-reactive ketones (excluding diaryl/α,β-unsaturated/α-hetero) is 1. The highest BCUT2D eigenvalue weighted by molar-refractivity contribution is 6.06. The smallest absolute Gasteiger partial charge is 0.319 e. The fraction of sp³-hybridized carbons (Fsp3) is 0.857. The van der Waals surface area contributed by atoms with Crippen molar-refractivity contribution in [3.8, 4) is 0 Å². The summed E-state index contributed by atoms with van der Waals surface area (Å²) in [6.45, 7) is 9.75. The van der Waals surface area contributed by atoms with E-state index in [1.807, 2.05) is 27.7 Å². The van der Waals surface area contributed by atoms with Crippen molar-refractivity contribution in [1.82, 2.24) is 0 Å². The number of carbonyl (C=O) groups excluding carboxylic acids is 2. The molecule has 0 amide bonds. The van der Waals surface area contributed by atoms with Gasteiger partial charge in [0.25, 0.3) is 0 Å². The van der Waals surface area contributed by atoms with Gasteiger partial charge in [-0.15, -0.1) is 0 Å². The van der Waals surface area contributed by atoms with Crippen molar-refractivity contribution in [1.29, 1.82) is 0 Å². The molecule has 2 atom stereocenters. The molecule has 0 radical (unpaired) electrons. The molecule has 3 heteroatoms. The maximum Gasteiger partial charge on any atom is 0.319 e. The molecule has 0 aromatic heterocycles. The van der Waals surface area contributed by atoms with Crippen molar-refractivity contribution in [2.45, 2.75) is 53.9 Å². The Balaban J connectivity index is 3.12. The van der Waals surface area contributed by atoms with Crippen molar-refractivity contribution in [2.24, 2.45) is 16.7 Å². The SMILES string of the molecule is CCOC(=O)C1(C(=O)C(C)(C)C)CCCC1C. The Hall–Kier alpha value is -0.860. The van der Waals surface area contributed by atoms with Crippen LogP contribution in [-0.2, 0) is 14.3 Å². The Morgan fingerprint density at radius 3 is 2.29 bits per heavy atom. The molecule has 0 N–H and O–H groups in total. The van der Waals surface area contributed by atoms with Crippen molar-refractivity contribution < 1.29 is 14.3 Å². The molecule has 3 nitrogen and oxygen atoms in total. The minimum absolute atomic E-state index is 0.0356. The van der Waals surface area contributed by atoms with E-state index >= 15 is 0 Å². The first kappa shape index (κ1) is 14.2. The number of esters is 1. The minimum Gasteiger partial charge on any atom is -0.465 e. The lowest BCUT2D eigenvalue weighted by Gasteiger charge is -2.35. The third-order valence-corrected chi connectivity index (χ3v) is 3.78. The highest BCUT2D eigenvalue weighted by Gasteiger charge is 2.56. The van der Waals surface area contributed by atoms with E-state index in [4.69, 9.17) is 4.74 Å². The van der Waals surface area contributed by atoms with Crippen LogP contribution in [-0.4, -0.2) is 18.4 Å². The molecule has 0 saturated heterocycles. The number of ketones is 1. The van der Waals surface area contributed by atoms with Gasteiger partial charge in [-0.2, -0.15) is 0 Å². The highest BCUT2D eigenvalue weighted by Crippen LogP contribution is 2.48. The van der Waals surface area contributed by atoms with Crippen molar-refractivity contribution in [3.05, 3.63) is 0 Å². The lowest BCUT2D eigenvalue weighted by molar-refractivity contribution is -0.165. The number of rotatable bonds is 3. The molecular weight excluding hydrogens is 216 g/mol. The number of carbonyl (C=O) groups is 2. The molecule has 1 saturated carbocycles. The normalized spacial score (nSPS) is 29.1. The molecule has 17 heavy (non-hydrogen) atoms. The zero-order valence-corrected chi connectivity index (χ0v) is 11.6. The summed E-state index contributed by atoms with van der Waals surface area (Å²) >= 11 is 0. The van der Waals surface area contributed by atoms with Gasteiger partial charge in [-0.25, -0.2) is 0 Å². The van der Waals surface area contributed by atoms with E-state index in [9.17, 15) is 9.59 Å². The Morgan fingerprint density at radius 1 is 1.35 bits per heavy atom. The molecule has 0 spiro atoms. The van der Waals surface area contributed by atoms with Gasteiger partial charge in [0.05, 0.1) is 6.61 Å². The summed E-state index contributed by atoms with van der Waals surface area (Å²) < 4.78 is 5.16. The number of hydrogen-bond acceptors (Lipinski definition) is 3. The molecule has 1 aliphatic carbocycles. The van der Waals surface area contributed by atoms with E-state index < -0.39 is 10.8 Å². The summed E-state index contributed by atoms with van der Waals surface area (Å²) in [5.41, 5.74) is -1.39. The van der Waals surface area contributed by atoms with Gasteiger partial charge in [0, 0.05) is 5.41 Å². The molecule has 0 heterocycles. The fourth-order valence-corrected chi connectivity index (χ4v) is 2.84. The van der Waals surface area contributed by atoms with Crippen LogP contribution in [0.2, 0.25) is 0 Å². The second-order valence-corrected chi connectivity index (χ2v) is 6.06. The first-order valence-corrected chi connectivity index (χ1v) is 6.49. The molecule has 2 unspecified atom stereocenters. The molecule has 0 aromatic rings. The standard InChI is InChI=1S/C14H24O3/c1-6-17-12(16)14(9-7-8-10(14)2)11(15)13(3,4)5/h10H,6-9H2,1-5H3. The van der Waals surface area contributed by atoms with Crippen LogP contribution in [0.4, 0.5) is 0 Å². The molecule has 1 fully saturated rings. The maximum atomic E-state index is 12.6. The summed E-state index contributed by atoms with van der Waals surface area (Å²) in [6, 6.07) is 0. The third kappa shape index (κ3) is 2.38. The van der Waals surface area contributed by atoms with Crippen LogP contribution >= 0.6 is 0 Å². The zero-order chi connectivity index (χ0) is 13.3. The Bertz CT molecular complexity index is 314. The zero-order valence-electron chi connectivity index (χ0n) is 11.6. The largest absolute Gasteiger partial charge is 0.465 e. The lowest BCUT2D eigenvalue weighted by atomic mass is 9.67. The molecule has 1 rings (SSSR count). The average molecular weight is 240 g/mol. The van der Waals surface area contributed by atoms with Gasteiger partial charge in [-0.3, -0.25) is 9.59 Å². The van der Waals surface area contributed by atoms with Crippen LogP contribution in [0.1, 0.15) is 53.9 Å². The van der Waals surface area contributed by atoms with Gasteiger partial charge in [0.2, 0.25) is 0 Å². The lowest BCUT2D eigenvalue weighted by Crippen LogP contribution is -2.48. The van der Waals surface area contributed by atoms with Gasteiger partial charge in [0.15, 0.2) is 5.78 Å².